The van der Waals surface area contributed by atoms with Gasteiger partial charge in [-0.05, 0) is 67.2 Å². The average Bonchev–Trinajstić information content (AvgIpc) is 3.32. The second-order valence-electron chi connectivity index (χ2n) is 7.78. The van der Waals surface area contributed by atoms with Gasteiger partial charge < -0.3 is 15.5 Å². The van der Waals surface area contributed by atoms with E-state index in [4.69, 9.17) is 23.8 Å². The first-order chi connectivity index (χ1) is 14.8. The third-order valence-electron chi connectivity index (χ3n) is 5.25. The molecule has 4 rings (SSSR count). The molecule has 8 heteroatoms. The Morgan fingerprint density at radius 3 is 2.68 bits per heavy atom. The van der Waals surface area contributed by atoms with Crippen LogP contribution in [-0.4, -0.2) is 16.0 Å². The lowest BCUT2D eigenvalue weighted by Gasteiger charge is -2.27. The zero-order valence-corrected chi connectivity index (χ0v) is 19.8. The molecule has 0 unspecified atom stereocenters. The Balaban J connectivity index is 1.73. The van der Waals surface area contributed by atoms with Crippen LogP contribution in [0.25, 0.3) is 0 Å². The number of nitrogens with one attached hydrogen (secondary N) is 2. The molecule has 5 nitrogen and oxygen atoms in total. The molecule has 1 aliphatic rings. The highest BCUT2D eigenvalue weighted by Gasteiger charge is 2.41. The Morgan fingerprint density at radius 2 is 2.06 bits per heavy atom. The standard InChI is InChI=1S/C23H23ClN4OS2/c1-13(2)22(29)26-16-8-7-15(12-14(16)3)28-21(18-9-10-19(24)31-18)20(27-23(28)30)17-6-4-5-11-25-17/h4-13,20-21H,1-3H3,(H,26,29)(H,27,30)/t20-,21+/m0/s1. The zero-order chi connectivity index (χ0) is 22.1. The van der Waals surface area contributed by atoms with E-state index in [0.717, 1.165) is 31.8 Å². The number of carbonyl (C=O) groups excluding carboxylic acids is 1. The summed E-state index contributed by atoms with van der Waals surface area (Å²) in [5.74, 6) is -0.0861. The second-order valence-corrected chi connectivity index (χ2v) is 9.92. The van der Waals surface area contributed by atoms with Crippen LogP contribution in [0.1, 0.15) is 42.1 Å². The fourth-order valence-corrected chi connectivity index (χ4v) is 5.16. The van der Waals surface area contributed by atoms with E-state index in [0.29, 0.717) is 5.11 Å². The number of rotatable bonds is 5. The molecule has 160 valence electrons. The molecule has 2 N–H and O–H groups in total. The number of pyridine rings is 1. The van der Waals surface area contributed by atoms with Crippen molar-refractivity contribution in [2.75, 3.05) is 10.2 Å². The van der Waals surface area contributed by atoms with Crippen LogP contribution in [0, 0.1) is 12.8 Å². The van der Waals surface area contributed by atoms with Crippen molar-refractivity contribution in [2.45, 2.75) is 32.9 Å². The summed E-state index contributed by atoms with van der Waals surface area (Å²) in [5.41, 5.74) is 3.64. The van der Waals surface area contributed by atoms with Gasteiger partial charge in [-0.3, -0.25) is 9.78 Å². The highest BCUT2D eigenvalue weighted by Crippen LogP contribution is 2.44. The van der Waals surface area contributed by atoms with Crippen molar-refractivity contribution in [1.29, 1.82) is 0 Å². The second kappa shape index (κ2) is 8.94. The van der Waals surface area contributed by atoms with Gasteiger partial charge in [0.05, 0.1) is 22.1 Å². The summed E-state index contributed by atoms with van der Waals surface area (Å²) in [5, 5.41) is 7.06. The van der Waals surface area contributed by atoms with Crippen LogP contribution >= 0.6 is 35.2 Å². The molecular formula is C23H23ClN4OS2. The van der Waals surface area contributed by atoms with Gasteiger partial charge in [-0.1, -0.05) is 31.5 Å². The Hall–Kier alpha value is -2.48. The molecule has 0 saturated carbocycles. The number of halogens is 1. The summed E-state index contributed by atoms with van der Waals surface area (Å²) >= 11 is 13.6. The fraction of sp³-hybridized carbons (Fsp3) is 0.261. The molecule has 1 aromatic carbocycles. The van der Waals surface area contributed by atoms with Gasteiger partial charge >= 0.3 is 0 Å². The monoisotopic (exact) mass is 470 g/mol. The summed E-state index contributed by atoms with van der Waals surface area (Å²) in [7, 11) is 0. The predicted molar refractivity (Wildman–Crippen MR) is 132 cm³/mol. The summed E-state index contributed by atoms with van der Waals surface area (Å²) in [6.07, 6.45) is 1.79. The minimum Gasteiger partial charge on any atom is -0.351 e. The zero-order valence-electron chi connectivity index (χ0n) is 17.4. The first-order valence-corrected chi connectivity index (χ1v) is 11.6. The van der Waals surface area contributed by atoms with Crippen molar-refractivity contribution in [3.63, 3.8) is 0 Å². The van der Waals surface area contributed by atoms with E-state index in [1.807, 2.05) is 69.3 Å². The molecule has 2 aromatic heterocycles. The Labute approximate surface area is 196 Å². The first-order valence-electron chi connectivity index (χ1n) is 10.0. The van der Waals surface area contributed by atoms with Crippen molar-refractivity contribution in [3.05, 3.63) is 75.2 Å². The maximum absolute atomic E-state index is 12.1. The largest absolute Gasteiger partial charge is 0.351 e. The molecule has 0 bridgehead atoms. The fourth-order valence-electron chi connectivity index (χ4n) is 3.62. The number of nitrogens with zero attached hydrogens (tertiary/aromatic N) is 2. The Bertz CT molecular complexity index is 1120. The Kier molecular flexibility index (Phi) is 6.27. The quantitative estimate of drug-likeness (QED) is 0.456. The lowest BCUT2D eigenvalue weighted by Crippen LogP contribution is -2.29. The molecule has 0 aliphatic carbocycles. The number of hydrogen-bond donors (Lipinski definition) is 2. The maximum atomic E-state index is 12.1. The van der Waals surface area contributed by atoms with Gasteiger partial charge in [0.1, 0.15) is 0 Å². The van der Waals surface area contributed by atoms with Gasteiger partial charge in [-0.15, -0.1) is 11.3 Å². The summed E-state index contributed by atoms with van der Waals surface area (Å²) in [6.45, 7) is 5.74. The highest BCUT2D eigenvalue weighted by molar-refractivity contribution is 7.80. The van der Waals surface area contributed by atoms with E-state index in [-0.39, 0.29) is 23.9 Å². The molecule has 3 aromatic rings. The van der Waals surface area contributed by atoms with Crippen LogP contribution in [0.4, 0.5) is 11.4 Å². The normalized spacial score (nSPS) is 18.4. The number of carbonyl (C=O) groups is 1. The van der Waals surface area contributed by atoms with Gasteiger partial charge in [-0.25, -0.2) is 0 Å². The number of benzene rings is 1. The van der Waals surface area contributed by atoms with Crippen LogP contribution in [0.15, 0.2) is 54.7 Å². The predicted octanol–water partition coefficient (Wildman–Crippen LogP) is 5.88. The van der Waals surface area contributed by atoms with Gasteiger partial charge in [0.2, 0.25) is 5.91 Å². The van der Waals surface area contributed by atoms with Crippen LogP contribution in [-0.2, 0) is 4.79 Å². The van der Waals surface area contributed by atoms with E-state index in [1.165, 1.54) is 0 Å². The summed E-state index contributed by atoms with van der Waals surface area (Å²) in [6, 6.07) is 15.6. The van der Waals surface area contributed by atoms with E-state index >= 15 is 0 Å². The van der Waals surface area contributed by atoms with Crippen LogP contribution in [0.5, 0.6) is 0 Å². The molecule has 1 saturated heterocycles. The van der Waals surface area contributed by atoms with Crippen molar-refractivity contribution in [2.24, 2.45) is 5.92 Å². The average molecular weight is 471 g/mol. The molecule has 31 heavy (non-hydrogen) atoms. The van der Waals surface area contributed by atoms with Crippen molar-refractivity contribution in [1.82, 2.24) is 10.3 Å². The van der Waals surface area contributed by atoms with Crippen LogP contribution in [0.2, 0.25) is 4.34 Å². The lowest BCUT2D eigenvalue weighted by atomic mass is 10.0. The lowest BCUT2D eigenvalue weighted by molar-refractivity contribution is -0.118. The van der Waals surface area contributed by atoms with Crippen molar-refractivity contribution in [3.8, 4) is 0 Å². The molecular weight excluding hydrogens is 448 g/mol. The summed E-state index contributed by atoms with van der Waals surface area (Å²) in [4.78, 5) is 19.9. The molecule has 0 radical (unpaired) electrons. The van der Waals surface area contributed by atoms with Gasteiger partial charge in [0, 0.05) is 28.4 Å². The minimum absolute atomic E-state index is 0.00414. The maximum Gasteiger partial charge on any atom is 0.226 e. The smallest absolute Gasteiger partial charge is 0.226 e. The van der Waals surface area contributed by atoms with Gasteiger partial charge in [0.15, 0.2) is 5.11 Å². The summed E-state index contributed by atoms with van der Waals surface area (Å²) < 4.78 is 0.732. The molecule has 1 amide bonds. The highest BCUT2D eigenvalue weighted by atomic mass is 35.5. The Morgan fingerprint density at radius 1 is 1.26 bits per heavy atom. The number of thiocarbonyl (C=S) groups is 1. The van der Waals surface area contributed by atoms with Crippen molar-refractivity contribution >= 4 is 57.5 Å². The van der Waals surface area contributed by atoms with Crippen LogP contribution in [0.3, 0.4) is 0 Å². The third kappa shape index (κ3) is 4.44. The number of thiophene rings is 1. The molecule has 2 atom stereocenters. The number of aromatic nitrogens is 1. The van der Waals surface area contributed by atoms with E-state index in [1.54, 1.807) is 17.5 Å². The van der Waals surface area contributed by atoms with Crippen LogP contribution < -0.4 is 15.5 Å². The molecule has 0 spiro atoms. The van der Waals surface area contributed by atoms with E-state index in [2.05, 4.69) is 20.5 Å². The van der Waals surface area contributed by atoms with E-state index < -0.39 is 0 Å². The first kappa shape index (κ1) is 21.7. The number of amides is 1. The third-order valence-corrected chi connectivity index (χ3v) is 6.87. The van der Waals surface area contributed by atoms with Gasteiger partial charge in [0.25, 0.3) is 0 Å². The molecule has 3 heterocycles. The topological polar surface area (TPSA) is 57.3 Å². The number of aryl methyl sites for hydroxylation is 1. The van der Waals surface area contributed by atoms with Crippen molar-refractivity contribution < 1.29 is 4.79 Å². The molecule has 1 fully saturated rings. The van der Waals surface area contributed by atoms with E-state index in [9.17, 15) is 4.79 Å². The number of anilines is 2. The molecule has 1 aliphatic heterocycles. The van der Waals surface area contributed by atoms with Gasteiger partial charge in [-0.2, -0.15) is 0 Å². The SMILES string of the molecule is Cc1cc(N2C(=S)N[C@@H](c3ccccn3)[C@H]2c2ccc(Cl)s2)ccc1NC(=O)C(C)C. The minimum atomic E-state index is -0.107. The number of hydrogen-bond acceptors (Lipinski definition) is 4.